The molecule has 1 saturated heterocycles. The van der Waals surface area contributed by atoms with Crippen molar-refractivity contribution >= 4 is 98.9 Å². The summed E-state index contributed by atoms with van der Waals surface area (Å²) < 4.78 is -1.91. The van der Waals surface area contributed by atoms with Crippen LogP contribution in [0.2, 0.25) is 0 Å². The van der Waals surface area contributed by atoms with E-state index in [0.29, 0.717) is 5.69 Å². The minimum absolute atomic E-state index is 0.0945. The second-order valence-electron chi connectivity index (χ2n) is 6.29. The fraction of sp³-hybridized carbons (Fsp3) is 0.375. The Labute approximate surface area is 183 Å². The Morgan fingerprint density at radius 3 is 1.92 bits per heavy atom. The van der Waals surface area contributed by atoms with Gasteiger partial charge >= 0.3 is 0 Å². The number of alkyl halides is 4. The Morgan fingerprint density at radius 2 is 1.46 bits per heavy atom. The van der Waals surface area contributed by atoms with Crippen LogP contribution in [-0.4, -0.2) is 32.2 Å². The summed E-state index contributed by atoms with van der Waals surface area (Å²) in [5.41, 5.74) is 0.420. The predicted octanol–water partition coefficient (Wildman–Crippen LogP) is 5.36. The first kappa shape index (κ1) is 19.5. The molecule has 1 saturated carbocycles. The van der Waals surface area contributed by atoms with Gasteiger partial charge in [-0.05, 0) is 24.5 Å². The Bertz CT molecular complexity index is 858. The first-order valence-electron chi connectivity index (χ1n) is 7.38. The van der Waals surface area contributed by atoms with E-state index in [4.69, 9.17) is 69.6 Å². The molecule has 26 heavy (non-hydrogen) atoms. The molecule has 10 heteroatoms. The minimum atomic E-state index is -1.91. The van der Waals surface area contributed by atoms with Crippen molar-refractivity contribution < 1.29 is 9.59 Å². The van der Waals surface area contributed by atoms with Crippen LogP contribution < -0.4 is 4.90 Å². The average Bonchev–Trinajstić information content (AvgIpc) is 2.99. The summed E-state index contributed by atoms with van der Waals surface area (Å²) in [6, 6.07) is 7.01. The number of fused-ring (bicyclic) bond motifs is 5. The van der Waals surface area contributed by atoms with Crippen molar-refractivity contribution in [3.63, 3.8) is 0 Å². The largest absolute Gasteiger partial charge is 0.274 e. The highest BCUT2D eigenvalue weighted by Gasteiger charge is 2.87. The molecular weight excluding hydrogens is 483 g/mol. The second-order valence-corrected chi connectivity index (χ2v) is 10.4. The van der Waals surface area contributed by atoms with Gasteiger partial charge < -0.3 is 0 Å². The normalized spacial score (nSPS) is 37.7. The third-order valence-electron chi connectivity index (χ3n) is 5.22. The maximum Gasteiger partial charge on any atom is 0.240 e. The van der Waals surface area contributed by atoms with E-state index >= 15 is 0 Å². The minimum Gasteiger partial charge on any atom is -0.274 e. The Balaban J connectivity index is 1.89. The number of imide groups is 1. The van der Waals surface area contributed by atoms with Gasteiger partial charge in [0, 0.05) is 4.90 Å². The number of thioether (sulfide) groups is 1. The standard InChI is InChI=1S/C16H9Cl6NO2S/c1-26-7-4-2-3-6(5-7)23-12(24)8-9(13(23)25)15(20)11(18)10(17)14(8,19)16(15,21)22/h2-5,8-9H,1H3/t8-,9+,14-,15-/m1/s1. The van der Waals surface area contributed by atoms with E-state index in [1.54, 1.807) is 18.2 Å². The summed E-state index contributed by atoms with van der Waals surface area (Å²) in [5.74, 6) is -3.33. The Hall–Kier alpha value is 0.190. The maximum atomic E-state index is 13.2. The average molecular weight is 492 g/mol. The van der Waals surface area contributed by atoms with Gasteiger partial charge in [0.2, 0.25) is 11.8 Å². The molecule has 0 aromatic heterocycles. The van der Waals surface area contributed by atoms with Crippen LogP contribution in [0.4, 0.5) is 5.69 Å². The monoisotopic (exact) mass is 489 g/mol. The number of nitrogens with zero attached hydrogens (tertiary/aromatic N) is 1. The fourth-order valence-electron chi connectivity index (χ4n) is 4.00. The maximum absolute atomic E-state index is 13.2. The number of halogens is 6. The zero-order valence-corrected chi connectivity index (χ0v) is 18.3. The summed E-state index contributed by atoms with van der Waals surface area (Å²) in [5, 5.41) is -0.189. The van der Waals surface area contributed by atoms with Gasteiger partial charge in [-0.15, -0.1) is 35.0 Å². The van der Waals surface area contributed by atoms with E-state index in [-0.39, 0.29) is 10.1 Å². The van der Waals surface area contributed by atoms with E-state index < -0.39 is 37.7 Å². The van der Waals surface area contributed by atoms with Crippen LogP contribution in [0.25, 0.3) is 0 Å². The lowest BCUT2D eigenvalue weighted by Crippen LogP contribution is -2.50. The summed E-state index contributed by atoms with van der Waals surface area (Å²) >= 11 is 40.3. The van der Waals surface area contributed by atoms with Gasteiger partial charge in [-0.3, -0.25) is 9.59 Å². The number of carbonyl (C=O) groups excluding carboxylic acids is 2. The van der Waals surface area contributed by atoms with E-state index in [1.165, 1.54) is 11.8 Å². The predicted molar refractivity (Wildman–Crippen MR) is 108 cm³/mol. The summed E-state index contributed by atoms with van der Waals surface area (Å²) in [6.07, 6.45) is 1.89. The number of amides is 2. The first-order chi connectivity index (χ1) is 12.0. The smallest absolute Gasteiger partial charge is 0.240 e. The number of benzene rings is 1. The van der Waals surface area contributed by atoms with Crippen molar-refractivity contribution in [2.75, 3.05) is 11.2 Å². The van der Waals surface area contributed by atoms with Crippen LogP contribution in [0.15, 0.2) is 39.2 Å². The molecule has 0 spiro atoms. The van der Waals surface area contributed by atoms with Gasteiger partial charge in [-0.25, -0.2) is 4.90 Å². The molecule has 1 heterocycles. The number of hydrogen-bond acceptors (Lipinski definition) is 3. The van der Waals surface area contributed by atoms with Crippen molar-refractivity contribution in [2.45, 2.75) is 19.0 Å². The van der Waals surface area contributed by atoms with Crippen LogP contribution >= 0.6 is 81.4 Å². The van der Waals surface area contributed by atoms with Crippen molar-refractivity contribution in [3.8, 4) is 0 Å². The van der Waals surface area contributed by atoms with Gasteiger partial charge in [0.25, 0.3) is 0 Å². The molecule has 1 aliphatic heterocycles. The zero-order chi connectivity index (χ0) is 19.2. The molecule has 3 nitrogen and oxygen atoms in total. The molecule has 2 aliphatic carbocycles. The fourth-order valence-corrected chi connectivity index (χ4v) is 7.38. The van der Waals surface area contributed by atoms with Crippen molar-refractivity contribution in [1.82, 2.24) is 0 Å². The van der Waals surface area contributed by atoms with E-state index in [9.17, 15) is 9.59 Å². The molecule has 2 bridgehead atoms. The molecule has 3 aliphatic rings. The molecule has 0 N–H and O–H groups in total. The lowest BCUT2D eigenvalue weighted by molar-refractivity contribution is -0.123. The molecule has 2 amide bonds. The van der Waals surface area contributed by atoms with Crippen molar-refractivity contribution in [2.24, 2.45) is 11.8 Å². The van der Waals surface area contributed by atoms with Crippen LogP contribution in [0.3, 0.4) is 0 Å². The molecule has 2 fully saturated rings. The van der Waals surface area contributed by atoms with E-state index in [1.807, 2.05) is 12.3 Å². The Morgan fingerprint density at radius 1 is 0.962 bits per heavy atom. The van der Waals surface area contributed by atoms with Gasteiger partial charge in [-0.2, -0.15) is 0 Å². The van der Waals surface area contributed by atoms with Gasteiger partial charge in [0.15, 0.2) is 4.33 Å². The molecular formula is C16H9Cl6NO2S. The SMILES string of the molecule is CSc1cccc(N2C(=O)[C@@H]3[C@H](C2=O)[C@@]2(Cl)C(Cl)=C(Cl)[C@@]3(Cl)C2(Cl)Cl)c1. The number of hydrogen-bond donors (Lipinski definition) is 0. The van der Waals surface area contributed by atoms with Crippen LogP contribution in [0.1, 0.15) is 0 Å². The Kier molecular flexibility index (Phi) is 4.39. The third-order valence-corrected chi connectivity index (χ3v) is 10.2. The molecule has 138 valence electrons. The number of carbonyl (C=O) groups is 2. The van der Waals surface area contributed by atoms with Gasteiger partial charge in [-0.1, -0.05) is 52.5 Å². The number of allylic oxidation sites excluding steroid dienone is 2. The lowest BCUT2D eigenvalue weighted by atomic mass is 9.84. The van der Waals surface area contributed by atoms with E-state index in [2.05, 4.69) is 0 Å². The lowest BCUT2D eigenvalue weighted by Gasteiger charge is -2.34. The quantitative estimate of drug-likeness (QED) is 0.317. The summed E-state index contributed by atoms with van der Waals surface area (Å²) in [6.45, 7) is 0. The molecule has 1 aromatic carbocycles. The van der Waals surface area contributed by atoms with Crippen molar-refractivity contribution in [3.05, 3.63) is 34.3 Å². The molecule has 4 rings (SSSR count). The second kappa shape index (κ2) is 5.85. The molecule has 0 unspecified atom stereocenters. The third kappa shape index (κ3) is 1.93. The van der Waals surface area contributed by atoms with Crippen LogP contribution in [-0.2, 0) is 9.59 Å². The molecule has 0 radical (unpaired) electrons. The van der Waals surface area contributed by atoms with Crippen LogP contribution in [0.5, 0.6) is 0 Å². The summed E-state index contributed by atoms with van der Waals surface area (Å²) in [4.78, 5) is 24.8. The van der Waals surface area contributed by atoms with Crippen molar-refractivity contribution in [1.29, 1.82) is 0 Å². The van der Waals surface area contributed by atoms with Gasteiger partial charge in [0.05, 0.1) is 27.6 Å². The highest BCUT2D eigenvalue weighted by Crippen LogP contribution is 2.77. The molecule has 4 atom stereocenters. The van der Waals surface area contributed by atoms with E-state index in [0.717, 1.165) is 9.80 Å². The summed E-state index contributed by atoms with van der Waals surface area (Å²) in [7, 11) is 0. The topological polar surface area (TPSA) is 37.4 Å². The highest BCUT2D eigenvalue weighted by atomic mass is 35.5. The van der Waals surface area contributed by atoms with Gasteiger partial charge in [0.1, 0.15) is 9.75 Å². The zero-order valence-electron chi connectivity index (χ0n) is 12.9. The van der Waals surface area contributed by atoms with Crippen LogP contribution in [0, 0.1) is 11.8 Å². The first-order valence-corrected chi connectivity index (χ1v) is 10.9. The number of rotatable bonds is 2. The highest BCUT2D eigenvalue weighted by molar-refractivity contribution is 7.98. The number of anilines is 1. The molecule has 1 aromatic rings.